The maximum absolute atomic E-state index is 11.5. The van der Waals surface area contributed by atoms with E-state index in [4.69, 9.17) is 28.9 Å². The number of nitrogen functional groups attached to an aromatic ring is 1. The van der Waals surface area contributed by atoms with Gasteiger partial charge in [0.2, 0.25) is 0 Å². The van der Waals surface area contributed by atoms with Gasteiger partial charge in [-0.05, 0) is 37.3 Å². The first-order valence-electron chi connectivity index (χ1n) is 7.64. The van der Waals surface area contributed by atoms with E-state index in [1.165, 1.54) is 13.3 Å². The molecule has 0 radical (unpaired) electrons. The van der Waals surface area contributed by atoms with Gasteiger partial charge >= 0.3 is 0 Å². The van der Waals surface area contributed by atoms with Crippen LogP contribution in [0.5, 0.6) is 0 Å². The molecule has 0 saturated carbocycles. The van der Waals surface area contributed by atoms with Crippen LogP contribution in [0.3, 0.4) is 0 Å². The molecule has 0 unspecified atom stereocenters. The first-order chi connectivity index (χ1) is 12.4. The lowest BCUT2D eigenvalue weighted by atomic mass is 10.1. The molecule has 0 aliphatic carbocycles. The fourth-order valence-corrected chi connectivity index (χ4v) is 2.84. The minimum absolute atomic E-state index is 0.0236. The summed E-state index contributed by atoms with van der Waals surface area (Å²) in [5.74, 6) is 0.796. The third-order valence-corrected chi connectivity index (χ3v) is 3.98. The lowest BCUT2D eigenvalue weighted by Crippen LogP contribution is -2.05. The van der Waals surface area contributed by atoms with Crippen molar-refractivity contribution < 1.29 is 4.79 Å². The molecule has 4 N–H and O–H groups in total. The molecule has 1 aromatic heterocycles. The van der Waals surface area contributed by atoms with E-state index in [1.54, 1.807) is 36.4 Å². The van der Waals surface area contributed by atoms with E-state index in [1.807, 2.05) is 6.07 Å². The average Bonchev–Trinajstić information content (AvgIpc) is 2.58. The lowest BCUT2D eigenvalue weighted by molar-refractivity contribution is 0.101. The number of carbonyl (C=O) groups excluding carboxylic acids is 1. The molecule has 6 nitrogen and oxygen atoms in total. The van der Waals surface area contributed by atoms with Gasteiger partial charge in [-0.3, -0.25) is 4.79 Å². The topological polar surface area (TPSA) is 92.9 Å². The van der Waals surface area contributed by atoms with Gasteiger partial charge in [-0.1, -0.05) is 35.3 Å². The monoisotopic (exact) mass is 387 g/mol. The summed E-state index contributed by atoms with van der Waals surface area (Å²) in [5, 5.41) is 7.15. The molecule has 0 bridgehead atoms. The van der Waals surface area contributed by atoms with Crippen LogP contribution in [0, 0.1) is 0 Å². The van der Waals surface area contributed by atoms with Gasteiger partial charge in [-0.15, -0.1) is 0 Å². The van der Waals surface area contributed by atoms with Gasteiger partial charge in [-0.25, -0.2) is 9.97 Å². The van der Waals surface area contributed by atoms with Gasteiger partial charge in [0.15, 0.2) is 17.4 Å². The summed E-state index contributed by atoms with van der Waals surface area (Å²) in [4.78, 5) is 19.8. The highest BCUT2D eigenvalue weighted by Gasteiger charge is 2.10. The highest BCUT2D eigenvalue weighted by molar-refractivity contribution is 6.35. The van der Waals surface area contributed by atoms with Crippen molar-refractivity contribution in [2.45, 2.75) is 6.92 Å². The number of halogens is 2. The maximum Gasteiger partial charge on any atom is 0.159 e. The standard InChI is InChI=1S/C18H15Cl2N5O/c1-10(26)11-3-2-4-14(5-11)24-17-16(21)18(23-9-22-17)25-15-7-12(19)6-13(20)8-15/h2-9H,21H2,1H3,(H2,22,23,24,25). The van der Waals surface area contributed by atoms with Gasteiger partial charge in [0.25, 0.3) is 0 Å². The summed E-state index contributed by atoms with van der Waals surface area (Å²) in [6.07, 6.45) is 1.38. The SMILES string of the molecule is CC(=O)c1cccc(Nc2ncnc(Nc3cc(Cl)cc(Cl)c3)c2N)c1. The molecule has 1 heterocycles. The van der Waals surface area contributed by atoms with Crippen molar-refractivity contribution in [3.05, 3.63) is 64.4 Å². The molecule has 132 valence electrons. The lowest BCUT2D eigenvalue weighted by Gasteiger charge is -2.13. The fraction of sp³-hybridized carbons (Fsp3) is 0.0556. The summed E-state index contributed by atoms with van der Waals surface area (Å²) in [5.41, 5.74) is 8.42. The summed E-state index contributed by atoms with van der Waals surface area (Å²) < 4.78 is 0. The van der Waals surface area contributed by atoms with Crippen LogP contribution in [0.25, 0.3) is 0 Å². The Hall–Kier alpha value is -2.83. The number of nitrogens with one attached hydrogen (secondary N) is 2. The molecule has 26 heavy (non-hydrogen) atoms. The Labute approximate surface area is 160 Å². The van der Waals surface area contributed by atoms with Crippen LogP contribution in [0.4, 0.5) is 28.7 Å². The average molecular weight is 388 g/mol. The maximum atomic E-state index is 11.5. The predicted molar refractivity (Wildman–Crippen MR) is 106 cm³/mol. The molecular weight excluding hydrogens is 373 g/mol. The van der Waals surface area contributed by atoms with Crippen LogP contribution in [-0.2, 0) is 0 Å². The van der Waals surface area contributed by atoms with E-state index >= 15 is 0 Å². The van der Waals surface area contributed by atoms with Crippen LogP contribution >= 0.6 is 23.2 Å². The van der Waals surface area contributed by atoms with Crippen molar-refractivity contribution >= 4 is 57.7 Å². The third-order valence-electron chi connectivity index (χ3n) is 3.54. The van der Waals surface area contributed by atoms with Crippen LogP contribution in [-0.4, -0.2) is 15.8 Å². The summed E-state index contributed by atoms with van der Waals surface area (Å²) >= 11 is 12.0. The number of hydrogen-bond donors (Lipinski definition) is 3. The van der Waals surface area contributed by atoms with Crippen molar-refractivity contribution in [2.24, 2.45) is 0 Å². The number of rotatable bonds is 5. The summed E-state index contributed by atoms with van der Waals surface area (Å²) in [6.45, 7) is 1.51. The Bertz CT molecular complexity index is 957. The molecule has 2 aromatic carbocycles. The number of nitrogens with two attached hydrogens (primary N) is 1. The first kappa shape index (κ1) is 18.0. The number of ketones is 1. The summed E-state index contributed by atoms with van der Waals surface area (Å²) in [6, 6.07) is 12.1. The zero-order valence-electron chi connectivity index (χ0n) is 13.8. The van der Waals surface area contributed by atoms with Gasteiger partial charge in [0, 0.05) is 27.0 Å². The molecule has 0 saturated heterocycles. The number of aromatic nitrogens is 2. The second kappa shape index (κ2) is 7.59. The van der Waals surface area contributed by atoms with E-state index in [0.29, 0.717) is 44.3 Å². The molecule has 0 amide bonds. The van der Waals surface area contributed by atoms with Gasteiger partial charge in [0.05, 0.1) is 0 Å². The molecule has 0 atom stereocenters. The molecule has 0 fully saturated rings. The smallest absolute Gasteiger partial charge is 0.159 e. The van der Waals surface area contributed by atoms with E-state index in [-0.39, 0.29) is 5.78 Å². The zero-order chi connectivity index (χ0) is 18.7. The third kappa shape index (κ3) is 4.22. The van der Waals surface area contributed by atoms with Crippen molar-refractivity contribution in [2.75, 3.05) is 16.4 Å². The Balaban J connectivity index is 1.87. The van der Waals surface area contributed by atoms with Gasteiger partial charge in [0.1, 0.15) is 12.0 Å². The molecule has 0 aliphatic heterocycles. The normalized spacial score (nSPS) is 10.4. The van der Waals surface area contributed by atoms with Crippen LogP contribution < -0.4 is 16.4 Å². The molecule has 3 aromatic rings. The van der Waals surface area contributed by atoms with E-state index in [2.05, 4.69) is 20.6 Å². The summed E-state index contributed by atoms with van der Waals surface area (Å²) in [7, 11) is 0. The molecule has 0 aliphatic rings. The number of nitrogens with zero attached hydrogens (tertiary/aromatic N) is 2. The van der Waals surface area contributed by atoms with Gasteiger partial charge in [-0.2, -0.15) is 0 Å². The second-order valence-corrected chi connectivity index (χ2v) is 6.40. The second-order valence-electron chi connectivity index (χ2n) is 5.53. The quantitative estimate of drug-likeness (QED) is 0.530. The fourth-order valence-electron chi connectivity index (χ4n) is 2.31. The number of anilines is 5. The first-order valence-corrected chi connectivity index (χ1v) is 8.39. The van der Waals surface area contributed by atoms with Crippen LogP contribution in [0.1, 0.15) is 17.3 Å². The van der Waals surface area contributed by atoms with Crippen molar-refractivity contribution in [1.29, 1.82) is 0 Å². The van der Waals surface area contributed by atoms with Crippen LogP contribution in [0.15, 0.2) is 48.8 Å². The predicted octanol–water partition coefficient (Wildman–Crippen LogP) is 5.06. The number of carbonyl (C=O) groups is 1. The van der Waals surface area contributed by atoms with Crippen molar-refractivity contribution in [3.8, 4) is 0 Å². The highest BCUT2D eigenvalue weighted by Crippen LogP contribution is 2.30. The number of Topliss-reactive ketones (excluding diaryl/α,β-unsaturated/α-hetero) is 1. The van der Waals surface area contributed by atoms with Gasteiger partial charge < -0.3 is 16.4 Å². The highest BCUT2D eigenvalue weighted by atomic mass is 35.5. The zero-order valence-corrected chi connectivity index (χ0v) is 15.3. The van der Waals surface area contributed by atoms with E-state index in [9.17, 15) is 4.79 Å². The Morgan fingerprint density at radius 3 is 2.19 bits per heavy atom. The Morgan fingerprint density at radius 2 is 1.58 bits per heavy atom. The number of benzene rings is 2. The largest absolute Gasteiger partial charge is 0.393 e. The Morgan fingerprint density at radius 1 is 0.962 bits per heavy atom. The minimum Gasteiger partial charge on any atom is -0.393 e. The molecule has 0 spiro atoms. The Kier molecular flexibility index (Phi) is 5.25. The molecular formula is C18H15Cl2N5O. The van der Waals surface area contributed by atoms with Crippen molar-refractivity contribution in [1.82, 2.24) is 9.97 Å². The minimum atomic E-state index is -0.0236. The van der Waals surface area contributed by atoms with E-state index in [0.717, 1.165) is 0 Å². The number of hydrogen-bond acceptors (Lipinski definition) is 6. The molecule has 8 heteroatoms. The van der Waals surface area contributed by atoms with Crippen molar-refractivity contribution in [3.63, 3.8) is 0 Å². The molecule has 3 rings (SSSR count). The van der Waals surface area contributed by atoms with Crippen LogP contribution in [0.2, 0.25) is 10.0 Å². The van der Waals surface area contributed by atoms with E-state index < -0.39 is 0 Å².